The maximum absolute atomic E-state index is 12.2. The smallest absolute Gasteiger partial charge is 0.471 e. The highest BCUT2D eigenvalue weighted by molar-refractivity contribution is 5.81. The molecule has 136 valence electrons. The van der Waals surface area contributed by atoms with E-state index in [-0.39, 0.29) is 25.0 Å². The minimum atomic E-state index is -4.91. The van der Waals surface area contributed by atoms with Gasteiger partial charge in [0.1, 0.15) is 12.1 Å². The van der Waals surface area contributed by atoms with Crippen molar-refractivity contribution in [1.29, 1.82) is 0 Å². The van der Waals surface area contributed by atoms with Gasteiger partial charge in [-0.3, -0.25) is 4.79 Å². The number of nitrogens with zero attached hydrogens (tertiary/aromatic N) is 3. The van der Waals surface area contributed by atoms with Crippen molar-refractivity contribution in [3.63, 3.8) is 0 Å². The number of H-pyrrole nitrogens is 1. The zero-order valence-electron chi connectivity index (χ0n) is 13.2. The molecule has 0 fully saturated rings. The molecule has 0 saturated heterocycles. The molecule has 0 aliphatic carbocycles. The zero-order valence-corrected chi connectivity index (χ0v) is 13.2. The zero-order chi connectivity index (χ0) is 18.7. The Morgan fingerprint density at radius 2 is 2.04 bits per heavy atom. The van der Waals surface area contributed by atoms with Crippen molar-refractivity contribution >= 4 is 23.0 Å². The lowest BCUT2D eigenvalue weighted by Gasteiger charge is -2.10. The van der Waals surface area contributed by atoms with Crippen LogP contribution < -0.4 is 15.8 Å². The molecule has 0 aliphatic rings. The van der Waals surface area contributed by atoms with Crippen LogP contribution in [0.2, 0.25) is 0 Å². The summed E-state index contributed by atoms with van der Waals surface area (Å²) in [5, 5.41) is 1.81. The minimum Gasteiger partial charge on any atom is -0.471 e. The van der Waals surface area contributed by atoms with E-state index < -0.39 is 12.1 Å². The van der Waals surface area contributed by atoms with E-state index in [0.717, 1.165) is 0 Å². The molecule has 0 saturated carbocycles. The van der Waals surface area contributed by atoms with Crippen molar-refractivity contribution in [1.82, 2.24) is 25.3 Å². The first kappa shape index (κ1) is 17.5. The van der Waals surface area contributed by atoms with Crippen LogP contribution in [0.5, 0.6) is 5.88 Å². The average molecular weight is 366 g/mol. The molecule has 0 atom stereocenters. The fourth-order valence-electron chi connectivity index (χ4n) is 2.19. The van der Waals surface area contributed by atoms with Crippen LogP contribution in [0.4, 0.5) is 19.1 Å². The summed E-state index contributed by atoms with van der Waals surface area (Å²) in [6.45, 7) is -0.164. The number of fused-ring (bicyclic) bond motifs is 1. The van der Waals surface area contributed by atoms with Crippen LogP contribution in [0.15, 0.2) is 30.6 Å². The summed E-state index contributed by atoms with van der Waals surface area (Å²) in [6.07, 6.45) is -3.49. The Hall–Kier alpha value is -3.37. The molecule has 8 nitrogen and oxygen atoms in total. The van der Waals surface area contributed by atoms with Crippen LogP contribution in [0, 0.1) is 0 Å². The van der Waals surface area contributed by atoms with Gasteiger partial charge in [0.25, 0.3) is 0 Å². The van der Waals surface area contributed by atoms with Crippen molar-refractivity contribution in [2.75, 3.05) is 5.73 Å². The van der Waals surface area contributed by atoms with E-state index in [2.05, 4.69) is 19.9 Å². The summed E-state index contributed by atoms with van der Waals surface area (Å²) in [5.41, 5.74) is 7.60. The number of hydrogen-bond donors (Lipinski definition) is 3. The van der Waals surface area contributed by atoms with Gasteiger partial charge in [-0.25, -0.2) is 4.98 Å². The third-order valence-electron chi connectivity index (χ3n) is 3.35. The molecular formula is C15H13F3N6O2. The predicted octanol–water partition coefficient (Wildman–Crippen LogP) is 1.69. The molecule has 0 radical (unpaired) electrons. The van der Waals surface area contributed by atoms with Crippen LogP contribution in [0.1, 0.15) is 11.1 Å². The van der Waals surface area contributed by atoms with Crippen molar-refractivity contribution in [2.45, 2.75) is 19.3 Å². The van der Waals surface area contributed by atoms with Gasteiger partial charge in [-0.05, 0) is 11.1 Å². The maximum atomic E-state index is 12.2. The first-order valence-corrected chi connectivity index (χ1v) is 7.35. The van der Waals surface area contributed by atoms with Crippen molar-refractivity contribution < 1.29 is 22.7 Å². The third kappa shape index (κ3) is 3.99. The maximum Gasteiger partial charge on any atom is 0.471 e. The first-order chi connectivity index (χ1) is 12.3. The molecule has 2 heterocycles. The molecule has 0 unspecified atom stereocenters. The van der Waals surface area contributed by atoms with E-state index in [1.165, 1.54) is 6.33 Å². The Kier molecular flexibility index (Phi) is 4.61. The molecule has 4 N–H and O–H groups in total. The Morgan fingerprint density at radius 3 is 2.81 bits per heavy atom. The number of aromatic amines is 1. The van der Waals surface area contributed by atoms with Crippen LogP contribution in [0.25, 0.3) is 11.2 Å². The Morgan fingerprint density at radius 1 is 1.27 bits per heavy atom. The summed E-state index contributed by atoms with van der Waals surface area (Å²) in [6, 6.07) is 6.58. The second-order valence-electron chi connectivity index (χ2n) is 5.28. The normalized spacial score (nSPS) is 11.5. The third-order valence-corrected chi connectivity index (χ3v) is 3.35. The van der Waals surface area contributed by atoms with Crippen molar-refractivity contribution in [3.8, 4) is 5.88 Å². The fraction of sp³-hybridized carbons (Fsp3) is 0.200. The molecule has 2 aromatic heterocycles. The molecule has 26 heavy (non-hydrogen) atoms. The second-order valence-corrected chi connectivity index (χ2v) is 5.28. The molecule has 0 spiro atoms. The van der Waals surface area contributed by atoms with Gasteiger partial charge >= 0.3 is 12.1 Å². The number of halogens is 3. The topological polar surface area (TPSA) is 119 Å². The average Bonchev–Trinajstić information content (AvgIpc) is 3.05. The fourth-order valence-corrected chi connectivity index (χ4v) is 2.19. The van der Waals surface area contributed by atoms with E-state index in [1.807, 2.05) is 5.32 Å². The highest BCUT2D eigenvalue weighted by Gasteiger charge is 2.38. The van der Waals surface area contributed by atoms with Gasteiger partial charge < -0.3 is 20.8 Å². The SMILES string of the molecule is Nc1nc(OCc2cccc(CNC(=O)C(F)(F)F)c2)c2[nH]cnc2n1. The van der Waals surface area contributed by atoms with Gasteiger partial charge in [0.15, 0.2) is 5.65 Å². The molecule has 0 bridgehead atoms. The van der Waals surface area contributed by atoms with Crippen LogP contribution in [-0.4, -0.2) is 32.0 Å². The number of benzene rings is 1. The number of rotatable bonds is 5. The monoisotopic (exact) mass is 366 g/mol. The molecular weight excluding hydrogens is 353 g/mol. The molecule has 1 aromatic carbocycles. The van der Waals surface area contributed by atoms with Gasteiger partial charge in [-0.2, -0.15) is 23.1 Å². The second kappa shape index (κ2) is 6.86. The number of nitrogens with one attached hydrogen (secondary N) is 2. The molecule has 1 amide bonds. The summed E-state index contributed by atoms with van der Waals surface area (Å²) >= 11 is 0. The number of aromatic nitrogens is 4. The number of carbonyl (C=O) groups excluding carboxylic acids is 1. The van der Waals surface area contributed by atoms with Gasteiger partial charge in [0, 0.05) is 6.54 Å². The van der Waals surface area contributed by atoms with Crippen LogP contribution in [-0.2, 0) is 17.9 Å². The lowest BCUT2D eigenvalue weighted by atomic mass is 10.1. The molecule has 11 heteroatoms. The van der Waals surface area contributed by atoms with E-state index in [0.29, 0.717) is 22.3 Å². The lowest BCUT2D eigenvalue weighted by molar-refractivity contribution is -0.173. The predicted molar refractivity (Wildman–Crippen MR) is 84.8 cm³/mol. The number of nitrogens with two attached hydrogens (primary N) is 1. The number of hydrogen-bond acceptors (Lipinski definition) is 6. The largest absolute Gasteiger partial charge is 0.471 e. The summed E-state index contributed by atoms with van der Waals surface area (Å²) in [5.74, 6) is -1.78. The number of carbonyl (C=O) groups is 1. The van der Waals surface area contributed by atoms with Gasteiger partial charge in [0.2, 0.25) is 11.8 Å². The Balaban J connectivity index is 1.67. The number of anilines is 1. The number of imidazole rings is 1. The summed E-state index contributed by atoms with van der Waals surface area (Å²) in [7, 11) is 0. The summed E-state index contributed by atoms with van der Waals surface area (Å²) in [4.78, 5) is 25.6. The van der Waals surface area contributed by atoms with E-state index in [4.69, 9.17) is 10.5 Å². The van der Waals surface area contributed by atoms with Crippen LogP contribution >= 0.6 is 0 Å². The molecule has 3 aromatic rings. The van der Waals surface area contributed by atoms with E-state index >= 15 is 0 Å². The number of alkyl halides is 3. The first-order valence-electron chi connectivity index (χ1n) is 7.35. The minimum absolute atomic E-state index is 0.00298. The van der Waals surface area contributed by atoms with E-state index in [1.54, 1.807) is 24.3 Å². The summed E-state index contributed by atoms with van der Waals surface area (Å²) < 4.78 is 42.2. The van der Waals surface area contributed by atoms with Crippen LogP contribution in [0.3, 0.4) is 0 Å². The van der Waals surface area contributed by atoms with E-state index in [9.17, 15) is 18.0 Å². The standard InChI is InChI=1S/C15H13F3N6O2/c16-15(17,18)13(25)20-5-8-2-1-3-9(4-8)6-26-12-10-11(22-7-21-10)23-14(19)24-12/h1-4,7H,5-6H2,(H,20,25)(H3,19,21,22,23,24). The lowest BCUT2D eigenvalue weighted by Crippen LogP contribution is -2.36. The quantitative estimate of drug-likeness (QED) is 0.632. The van der Waals surface area contributed by atoms with Crippen molar-refractivity contribution in [3.05, 3.63) is 41.7 Å². The van der Waals surface area contributed by atoms with Crippen molar-refractivity contribution in [2.24, 2.45) is 0 Å². The molecule has 0 aliphatic heterocycles. The van der Waals surface area contributed by atoms with Gasteiger partial charge in [-0.1, -0.05) is 24.3 Å². The van der Waals surface area contributed by atoms with Gasteiger partial charge in [0.05, 0.1) is 6.33 Å². The highest BCUT2D eigenvalue weighted by Crippen LogP contribution is 2.21. The number of ether oxygens (including phenoxy) is 1. The number of amides is 1. The Bertz CT molecular complexity index is 941. The van der Waals surface area contributed by atoms with Gasteiger partial charge in [-0.15, -0.1) is 0 Å². The Labute approximate surface area is 144 Å². The highest BCUT2D eigenvalue weighted by atomic mass is 19.4. The number of nitrogen functional groups attached to an aromatic ring is 1. The molecule has 3 rings (SSSR count).